The van der Waals surface area contributed by atoms with E-state index in [4.69, 9.17) is 0 Å². The number of hydrogen-bond donors (Lipinski definition) is 1. The molecule has 2 heterocycles. The van der Waals surface area contributed by atoms with Crippen LogP contribution < -0.4 is 10.2 Å². The van der Waals surface area contributed by atoms with Crippen LogP contribution in [0.3, 0.4) is 0 Å². The minimum absolute atomic E-state index is 0.801. The van der Waals surface area contributed by atoms with Gasteiger partial charge in [-0.2, -0.15) is 0 Å². The van der Waals surface area contributed by atoms with Crippen LogP contribution in [0.25, 0.3) is 0 Å². The van der Waals surface area contributed by atoms with Gasteiger partial charge in [0.15, 0.2) is 0 Å². The van der Waals surface area contributed by atoms with E-state index in [0.29, 0.717) is 0 Å². The highest BCUT2D eigenvalue weighted by Crippen LogP contribution is 2.23. The minimum atomic E-state index is 0.801. The first-order chi connectivity index (χ1) is 9.26. The molecule has 2 rings (SSSR count). The summed E-state index contributed by atoms with van der Waals surface area (Å²) in [6, 6.07) is 4.03. The van der Waals surface area contributed by atoms with Gasteiger partial charge in [0.1, 0.15) is 18.0 Å². The van der Waals surface area contributed by atoms with Crippen molar-refractivity contribution < 1.29 is 0 Å². The second-order valence-corrected chi connectivity index (χ2v) is 4.34. The summed E-state index contributed by atoms with van der Waals surface area (Å²) in [5, 5.41) is 3.12. The molecule has 0 bridgehead atoms. The summed E-state index contributed by atoms with van der Waals surface area (Å²) in [7, 11) is 3.93. The highest BCUT2D eigenvalue weighted by Gasteiger charge is 2.12. The summed E-state index contributed by atoms with van der Waals surface area (Å²) in [6.45, 7) is 2.92. The first kappa shape index (κ1) is 13.3. The van der Waals surface area contributed by atoms with Crippen molar-refractivity contribution in [2.24, 2.45) is 0 Å². The van der Waals surface area contributed by atoms with Crippen molar-refractivity contribution in [1.82, 2.24) is 15.0 Å². The fourth-order valence-corrected chi connectivity index (χ4v) is 2.11. The average molecular weight is 257 g/mol. The van der Waals surface area contributed by atoms with Gasteiger partial charge in [0.05, 0.1) is 0 Å². The number of aromatic nitrogens is 3. The Hall–Kier alpha value is -2.17. The summed E-state index contributed by atoms with van der Waals surface area (Å²) < 4.78 is 0. The molecule has 0 atom stereocenters. The maximum absolute atomic E-state index is 4.41. The average Bonchev–Trinajstić information content (AvgIpc) is 2.47. The maximum Gasteiger partial charge on any atom is 0.137 e. The van der Waals surface area contributed by atoms with Gasteiger partial charge in [-0.05, 0) is 24.1 Å². The predicted octanol–water partition coefficient (Wildman–Crippen LogP) is 2.11. The first-order valence-corrected chi connectivity index (χ1v) is 6.38. The van der Waals surface area contributed by atoms with E-state index in [1.165, 1.54) is 5.56 Å². The van der Waals surface area contributed by atoms with E-state index >= 15 is 0 Å². The molecule has 1 N–H and O–H groups in total. The monoisotopic (exact) mass is 257 g/mol. The minimum Gasteiger partial charge on any atom is -0.373 e. The molecular formula is C14H19N5. The van der Waals surface area contributed by atoms with E-state index in [0.717, 1.165) is 30.2 Å². The van der Waals surface area contributed by atoms with Gasteiger partial charge >= 0.3 is 0 Å². The molecule has 100 valence electrons. The van der Waals surface area contributed by atoms with E-state index in [1.54, 1.807) is 6.33 Å². The van der Waals surface area contributed by atoms with Gasteiger partial charge in [-0.25, -0.2) is 9.97 Å². The lowest BCUT2D eigenvalue weighted by atomic mass is 10.2. The Morgan fingerprint density at radius 3 is 2.58 bits per heavy atom. The Bertz CT molecular complexity index is 527. The number of nitrogens with zero attached hydrogens (tertiary/aromatic N) is 4. The largest absolute Gasteiger partial charge is 0.373 e. The summed E-state index contributed by atoms with van der Waals surface area (Å²) in [4.78, 5) is 14.8. The van der Waals surface area contributed by atoms with Crippen LogP contribution in [-0.2, 0) is 13.0 Å². The third-order valence-corrected chi connectivity index (χ3v) is 3.04. The second kappa shape index (κ2) is 6.13. The number of hydrogen-bond acceptors (Lipinski definition) is 5. The molecule has 0 fully saturated rings. The van der Waals surface area contributed by atoms with Gasteiger partial charge in [0.25, 0.3) is 0 Å². The van der Waals surface area contributed by atoms with Crippen molar-refractivity contribution in [2.75, 3.05) is 24.3 Å². The molecule has 0 aliphatic heterocycles. The Labute approximate surface area is 113 Å². The molecule has 19 heavy (non-hydrogen) atoms. The summed E-state index contributed by atoms with van der Waals surface area (Å²) in [5.74, 6) is 1.87. The lowest BCUT2D eigenvalue weighted by Crippen LogP contribution is -2.20. The number of anilines is 2. The third kappa shape index (κ3) is 2.99. The molecule has 2 aromatic heterocycles. The van der Waals surface area contributed by atoms with Gasteiger partial charge < -0.3 is 10.2 Å². The van der Waals surface area contributed by atoms with Crippen LogP contribution in [0.15, 0.2) is 30.9 Å². The lowest BCUT2D eigenvalue weighted by Gasteiger charge is -2.22. The van der Waals surface area contributed by atoms with Crippen LogP contribution in [0.5, 0.6) is 0 Å². The van der Waals surface area contributed by atoms with Crippen molar-refractivity contribution in [2.45, 2.75) is 19.9 Å². The summed E-state index contributed by atoms with van der Waals surface area (Å²) >= 11 is 0. The molecule has 0 radical (unpaired) electrons. The smallest absolute Gasteiger partial charge is 0.137 e. The van der Waals surface area contributed by atoms with E-state index in [1.807, 2.05) is 38.6 Å². The highest BCUT2D eigenvalue weighted by atomic mass is 15.2. The van der Waals surface area contributed by atoms with E-state index in [2.05, 4.69) is 32.1 Å². The van der Waals surface area contributed by atoms with Gasteiger partial charge in [0.2, 0.25) is 0 Å². The maximum atomic E-state index is 4.41. The van der Waals surface area contributed by atoms with Crippen molar-refractivity contribution in [3.05, 3.63) is 42.0 Å². The normalized spacial score (nSPS) is 10.3. The van der Waals surface area contributed by atoms with Crippen LogP contribution in [0.2, 0.25) is 0 Å². The second-order valence-electron chi connectivity index (χ2n) is 4.34. The molecule has 0 unspecified atom stereocenters. The molecule has 5 heteroatoms. The quantitative estimate of drug-likeness (QED) is 0.889. The van der Waals surface area contributed by atoms with Crippen molar-refractivity contribution >= 4 is 11.6 Å². The zero-order chi connectivity index (χ0) is 13.7. The van der Waals surface area contributed by atoms with Crippen LogP contribution >= 0.6 is 0 Å². The molecule has 0 aliphatic carbocycles. The molecule has 0 saturated carbocycles. The van der Waals surface area contributed by atoms with Crippen molar-refractivity contribution in [3.63, 3.8) is 0 Å². The molecule has 0 saturated heterocycles. The molecule has 0 aliphatic rings. The predicted molar refractivity (Wildman–Crippen MR) is 77.3 cm³/mol. The molecule has 0 amide bonds. The van der Waals surface area contributed by atoms with E-state index in [-0.39, 0.29) is 0 Å². The SMILES string of the molecule is CCc1c(NC)ncnc1N(C)Cc1ccncc1. The lowest BCUT2D eigenvalue weighted by molar-refractivity contribution is 0.869. The Kier molecular flexibility index (Phi) is 4.28. The standard InChI is InChI=1S/C14H19N5/c1-4-12-13(15-2)17-10-18-14(12)19(3)9-11-5-7-16-8-6-11/h5-8,10H,4,9H2,1-3H3,(H,15,17,18). The number of pyridine rings is 1. The molecule has 2 aromatic rings. The van der Waals surface area contributed by atoms with Gasteiger partial charge in [0, 0.05) is 38.6 Å². The number of rotatable bonds is 5. The molecular weight excluding hydrogens is 238 g/mol. The van der Waals surface area contributed by atoms with Crippen molar-refractivity contribution in [1.29, 1.82) is 0 Å². The third-order valence-electron chi connectivity index (χ3n) is 3.04. The van der Waals surface area contributed by atoms with Crippen molar-refractivity contribution in [3.8, 4) is 0 Å². The van der Waals surface area contributed by atoms with Crippen LogP contribution in [0, 0.1) is 0 Å². The highest BCUT2D eigenvalue weighted by molar-refractivity contribution is 5.58. The molecule has 0 spiro atoms. The fourth-order valence-electron chi connectivity index (χ4n) is 2.11. The summed E-state index contributed by atoms with van der Waals surface area (Å²) in [6.07, 6.45) is 6.11. The number of nitrogens with one attached hydrogen (secondary N) is 1. The Morgan fingerprint density at radius 1 is 1.21 bits per heavy atom. The van der Waals surface area contributed by atoms with Crippen LogP contribution in [-0.4, -0.2) is 29.0 Å². The zero-order valence-corrected chi connectivity index (χ0v) is 11.6. The fraction of sp³-hybridized carbons (Fsp3) is 0.357. The van der Waals surface area contributed by atoms with E-state index < -0.39 is 0 Å². The van der Waals surface area contributed by atoms with E-state index in [9.17, 15) is 0 Å². The van der Waals surface area contributed by atoms with Gasteiger partial charge in [-0.3, -0.25) is 4.98 Å². The van der Waals surface area contributed by atoms with Crippen LogP contribution in [0.4, 0.5) is 11.6 Å². The molecule has 0 aromatic carbocycles. The zero-order valence-electron chi connectivity index (χ0n) is 11.6. The Morgan fingerprint density at radius 2 is 1.95 bits per heavy atom. The van der Waals surface area contributed by atoms with Gasteiger partial charge in [-0.15, -0.1) is 0 Å². The Balaban J connectivity index is 2.26. The summed E-state index contributed by atoms with van der Waals surface area (Å²) in [5.41, 5.74) is 2.35. The molecule has 5 nitrogen and oxygen atoms in total. The van der Waals surface area contributed by atoms with Crippen LogP contribution in [0.1, 0.15) is 18.1 Å². The van der Waals surface area contributed by atoms with Gasteiger partial charge in [-0.1, -0.05) is 6.92 Å². The first-order valence-electron chi connectivity index (χ1n) is 6.38. The topological polar surface area (TPSA) is 53.9 Å².